The number of rotatable bonds is 4. The van der Waals surface area contributed by atoms with Gasteiger partial charge in [-0.3, -0.25) is 9.69 Å². The van der Waals surface area contributed by atoms with E-state index in [1.165, 1.54) is 11.3 Å². The van der Waals surface area contributed by atoms with Crippen LogP contribution in [0, 0.1) is 6.92 Å². The van der Waals surface area contributed by atoms with Gasteiger partial charge in [-0.25, -0.2) is 0 Å². The molecule has 2 aliphatic rings. The minimum atomic E-state index is 0.310. The number of carbonyl (C=O) groups excluding carboxylic acids is 1. The Labute approximate surface area is 145 Å². The molecular weight excluding hydrogens is 300 g/mol. The molecule has 132 valence electrons. The Morgan fingerprint density at radius 3 is 2.71 bits per heavy atom. The van der Waals surface area contributed by atoms with Gasteiger partial charge in [0.05, 0.1) is 0 Å². The molecule has 1 N–H and O–H groups in total. The van der Waals surface area contributed by atoms with Crippen LogP contribution in [0.25, 0.3) is 0 Å². The van der Waals surface area contributed by atoms with Gasteiger partial charge in [-0.2, -0.15) is 0 Å². The van der Waals surface area contributed by atoms with Crippen LogP contribution in [0.1, 0.15) is 18.9 Å². The highest BCUT2D eigenvalue weighted by Crippen LogP contribution is 2.18. The minimum absolute atomic E-state index is 0.310. The second-order valence-corrected chi connectivity index (χ2v) is 7.06. The van der Waals surface area contributed by atoms with Crippen LogP contribution in [0.4, 0.5) is 5.69 Å². The third-order valence-corrected chi connectivity index (χ3v) is 5.20. The summed E-state index contributed by atoms with van der Waals surface area (Å²) in [6, 6.07) is 9.04. The van der Waals surface area contributed by atoms with Crippen molar-refractivity contribution in [2.24, 2.45) is 0 Å². The maximum atomic E-state index is 12.4. The average Bonchev–Trinajstić information content (AvgIpc) is 2.60. The number of aryl methyl sites for hydroxylation is 1. The molecule has 0 spiro atoms. The zero-order chi connectivity index (χ0) is 16.9. The van der Waals surface area contributed by atoms with E-state index < -0.39 is 0 Å². The van der Waals surface area contributed by atoms with Crippen molar-refractivity contribution in [1.29, 1.82) is 0 Å². The topological polar surface area (TPSA) is 38.8 Å². The molecule has 24 heavy (non-hydrogen) atoms. The summed E-state index contributed by atoms with van der Waals surface area (Å²) in [6.45, 7) is 12.0. The summed E-state index contributed by atoms with van der Waals surface area (Å²) in [5.41, 5.74) is 2.63. The lowest BCUT2D eigenvalue weighted by Crippen LogP contribution is -2.53. The van der Waals surface area contributed by atoms with Gasteiger partial charge in [0.2, 0.25) is 5.91 Å². The predicted octanol–water partition coefficient (Wildman–Crippen LogP) is 1.33. The van der Waals surface area contributed by atoms with Gasteiger partial charge in [0.25, 0.3) is 0 Å². The molecule has 0 unspecified atom stereocenters. The molecule has 2 heterocycles. The Morgan fingerprint density at radius 1 is 1.21 bits per heavy atom. The normalized spacial score (nSPS) is 22.7. The standard InChI is InChI=1S/C19H30N4O/c1-16-4-3-5-18(14-16)22-12-10-21(11-13-22)8-6-19(24)23-9-7-20-15-17(23)2/h3-5,14,17,20H,6-13,15H2,1-2H3/t17-/m0/s1. The first kappa shape index (κ1) is 17.2. The van der Waals surface area contributed by atoms with Crippen molar-refractivity contribution in [3.8, 4) is 0 Å². The number of carbonyl (C=O) groups is 1. The SMILES string of the molecule is Cc1cccc(N2CCN(CCC(=O)N3CCNC[C@@H]3C)CC2)c1. The van der Waals surface area contributed by atoms with E-state index in [1.807, 2.05) is 4.90 Å². The first-order valence-electron chi connectivity index (χ1n) is 9.17. The lowest BCUT2D eigenvalue weighted by Gasteiger charge is -2.37. The Morgan fingerprint density at radius 2 is 2.00 bits per heavy atom. The number of hydrogen-bond acceptors (Lipinski definition) is 4. The Hall–Kier alpha value is -1.59. The van der Waals surface area contributed by atoms with Crippen LogP contribution in [0.2, 0.25) is 0 Å². The molecule has 2 fully saturated rings. The van der Waals surface area contributed by atoms with Crippen LogP contribution >= 0.6 is 0 Å². The number of benzene rings is 1. The van der Waals surface area contributed by atoms with Crippen molar-refractivity contribution in [2.45, 2.75) is 26.3 Å². The van der Waals surface area contributed by atoms with Crippen molar-refractivity contribution in [3.05, 3.63) is 29.8 Å². The van der Waals surface area contributed by atoms with Gasteiger partial charge in [-0.1, -0.05) is 12.1 Å². The fourth-order valence-corrected chi connectivity index (χ4v) is 3.66. The highest BCUT2D eigenvalue weighted by Gasteiger charge is 2.24. The van der Waals surface area contributed by atoms with Gasteiger partial charge in [0, 0.05) is 70.5 Å². The van der Waals surface area contributed by atoms with Crippen molar-refractivity contribution in [2.75, 3.05) is 57.3 Å². The predicted molar refractivity (Wildman–Crippen MR) is 98.5 cm³/mol. The van der Waals surface area contributed by atoms with Gasteiger partial charge in [-0.15, -0.1) is 0 Å². The van der Waals surface area contributed by atoms with Crippen molar-refractivity contribution in [3.63, 3.8) is 0 Å². The first-order valence-corrected chi connectivity index (χ1v) is 9.17. The summed E-state index contributed by atoms with van der Waals surface area (Å²) in [6.07, 6.45) is 0.648. The largest absolute Gasteiger partial charge is 0.369 e. The Bertz CT molecular complexity index is 554. The molecule has 2 saturated heterocycles. The monoisotopic (exact) mass is 330 g/mol. The van der Waals surface area contributed by atoms with E-state index in [4.69, 9.17) is 0 Å². The van der Waals surface area contributed by atoms with E-state index in [9.17, 15) is 4.79 Å². The minimum Gasteiger partial charge on any atom is -0.369 e. The molecule has 0 bridgehead atoms. The molecule has 1 aromatic rings. The zero-order valence-electron chi connectivity index (χ0n) is 15.0. The fourth-order valence-electron chi connectivity index (χ4n) is 3.66. The maximum absolute atomic E-state index is 12.4. The number of piperazine rings is 2. The highest BCUT2D eigenvalue weighted by molar-refractivity contribution is 5.76. The molecule has 0 saturated carbocycles. The van der Waals surface area contributed by atoms with Gasteiger partial charge in [0.1, 0.15) is 0 Å². The van der Waals surface area contributed by atoms with Gasteiger partial charge in [-0.05, 0) is 31.5 Å². The third kappa shape index (κ3) is 4.28. The molecule has 0 aliphatic carbocycles. The van der Waals surface area contributed by atoms with Crippen LogP contribution < -0.4 is 10.2 Å². The third-order valence-electron chi connectivity index (χ3n) is 5.20. The number of nitrogens with one attached hydrogen (secondary N) is 1. The maximum Gasteiger partial charge on any atom is 0.224 e. The van der Waals surface area contributed by atoms with Crippen LogP contribution in [0.5, 0.6) is 0 Å². The zero-order valence-corrected chi connectivity index (χ0v) is 15.0. The lowest BCUT2D eigenvalue weighted by molar-refractivity contribution is -0.134. The first-order chi connectivity index (χ1) is 11.6. The number of nitrogens with zero attached hydrogens (tertiary/aromatic N) is 3. The summed E-state index contributed by atoms with van der Waals surface area (Å²) in [7, 11) is 0. The molecule has 0 radical (unpaired) electrons. The van der Waals surface area contributed by atoms with Crippen LogP contribution in [-0.2, 0) is 4.79 Å². The average molecular weight is 330 g/mol. The number of anilines is 1. The molecular formula is C19H30N4O. The smallest absolute Gasteiger partial charge is 0.224 e. The van der Waals surface area contributed by atoms with Gasteiger partial charge < -0.3 is 15.1 Å². The molecule has 5 heteroatoms. The van der Waals surface area contributed by atoms with Crippen LogP contribution in [-0.4, -0.2) is 74.1 Å². The second-order valence-electron chi connectivity index (χ2n) is 7.06. The lowest BCUT2D eigenvalue weighted by atomic mass is 10.1. The van der Waals surface area contributed by atoms with Gasteiger partial charge in [0.15, 0.2) is 0 Å². The fraction of sp³-hybridized carbons (Fsp3) is 0.632. The van der Waals surface area contributed by atoms with Crippen molar-refractivity contribution in [1.82, 2.24) is 15.1 Å². The number of amides is 1. The van der Waals surface area contributed by atoms with E-state index in [0.29, 0.717) is 18.4 Å². The van der Waals surface area contributed by atoms with Crippen LogP contribution in [0.15, 0.2) is 24.3 Å². The number of hydrogen-bond donors (Lipinski definition) is 1. The summed E-state index contributed by atoms with van der Waals surface area (Å²) in [5, 5.41) is 3.34. The van der Waals surface area contributed by atoms with Gasteiger partial charge >= 0.3 is 0 Å². The summed E-state index contributed by atoms with van der Waals surface area (Å²) in [4.78, 5) is 19.4. The Balaban J connectivity index is 1.43. The molecule has 3 rings (SSSR count). The summed E-state index contributed by atoms with van der Waals surface area (Å²) >= 11 is 0. The molecule has 2 aliphatic heterocycles. The Kier molecular flexibility index (Phi) is 5.74. The molecule has 1 aromatic carbocycles. The van der Waals surface area contributed by atoms with Crippen LogP contribution in [0.3, 0.4) is 0 Å². The molecule has 1 atom stereocenters. The summed E-state index contributed by atoms with van der Waals surface area (Å²) < 4.78 is 0. The molecule has 5 nitrogen and oxygen atoms in total. The highest BCUT2D eigenvalue weighted by atomic mass is 16.2. The second kappa shape index (κ2) is 7.99. The van der Waals surface area contributed by atoms with E-state index in [-0.39, 0.29) is 0 Å². The van der Waals surface area contributed by atoms with Crippen molar-refractivity contribution >= 4 is 11.6 Å². The molecule has 0 aromatic heterocycles. The van der Waals surface area contributed by atoms with E-state index in [2.05, 4.69) is 53.2 Å². The van der Waals surface area contributed by atoms with E-state index in [1.54, 1.807) is 0 Å². The van der Waals surface area contributed by atoms with E-state index >= 15 is 0 Å². The molecule has 1 amide bonds. The quantitative estimate of drug-likeness (QED) is 0.904. The summed E-state index contributed by atoms with van der Waals surface area (Å²) in [5.74, 6) is 0.310. The van der Waals surface area contributed by atoms with Crippen molar-refractivity contribution < 1.29 is 4.79 Å². The van der Waals surface area contributed by atoms with E-state index in [0.717, 1.165) is 52.4 Å².